The van der Waals surface area contributed by atoms with Crippen molar-refractivity contribution in [1.82, 2.24) is 4.98 Å². The van der Waals surface area contributed by atoms with Crippen LogP contribution >= 0.6 is 0 Å². The van der Waals surface area contributed by atoms with Crippen LogP contribution in [0.15, 0.2) is 47.3 Å². The minimum Gasteiger partial charge on any atom is -0.478 e. The van der Waals surface area contributed by atoms with Gasteiger partial charge in [0.25, 0.3) is 5.91 Å². The predicted octanol–water partition coefficient (Wildman–Crippen LogP) is 2.62. The van der Waals surface area contributed by atoms with Crippen LogP contribution in [0.4, 0.5) is 11.4 Å². The van der Waals surface area contributed by atoms with Gasteiger partial charge in [-0.1, -0.05) is 0 Å². The largest absolute Gasteiger partial charge is 0.478 e. The number of carbonyl (C=O) groups excluding carboxylic acids is 1. The lowest BCUT2D eigenvalue weighted by Crippen LogP contribution is -2.37. The number of aryl methyl sites for hydroxylation is 1. The highest BCUT2D eigenvalue weighted by Crippen LogP contribution is 2.26. The summed E-state index contributed by atoms with van der Waals surface area (Å²) in [6.45, 7) is 4.16. The highest BCUT2D eigenvalue weighted by atomic mass is 16.5. The minimum atomic E-state index is -1.09. The minimum absolute atomic E-state index is 0.0455. The van der Waals surface area contributed by atoms with E-state index in [0.717, 1.165) is 10.9 Å². The lowest BCUT2D eigenvalue weighted by molar-refractivity contribution is 0.0697. The van der Waals surface area contributed by atoms with Gasteiger partial charge in [-0.3, -0.25) is 9.59 Å². The molecule has 0 aliphatic carbocycles. The number of ether oxygens (including phenoxy) is 1. The third-order valence-corrected chi connectivity index (χ3v) is 5.15. The maximum absolute atomic E-state index is 13.1. The number of rotatable bonds is 4. The van der Waals surface area contributed by atoms with Crippen molar-refractivity contribution >= 4 is 34.2 Å². The molecule has 154 valence electrons. The fourth-order valence-electron chi connectivity index (χ4n) is 3.63. The van der Waals surface area contributed by atoms with Crippen LogP contribution in [-0.4, -0.2) is 48.3 Å². The Morgan fingerprint density at radius 2 is 1.87 bits per heavy atom. The second kappa shape index (κ2) is 8.00. The summed E-state index contributed by atoms with van der Waals surface area (Å²) in [6.07, 6.45) is 0. The lowest BCUT2D eigenvalue weighted by atomic mass is 10.1. The number of hydrogen-bond donors (Lipinski definition) is 3. The van der Waals surface area contributed by atoms with Gasteiger partial charge in [-0.15, -0.1) is 0 Å². The Hall–Kier alpha value is -3.65. The van der Waals surface area contributed by atoms with Crippen molar-refractivity contribution in [3.63, 3.8) is 0 Å². The van der Waals surface area contributed by atoms with E-state index in [9.17, 15) is 19.5 Å². The van der Waals surface area contributed by atoms with Crippen LogP contribution in [0.3, 0.4) is 0 Å². The number of carboxylic acids is 1. The fourth-order valence-corrected chi connectivity index (χ4v) is 3.63. The second-order valence-corrected chi connectivity index (χ2v) is 7.17. The molecule has 0 bridgehead atoms. The third kappa shape index (κ3) is 3.90. The Morgan fingerprint density at radius 3 is 2.60 bits per heavy atom. The molecule has 1 aliphatic heterocycles. The van der Waals surface area contributed by atoms with Gasteiger partial charge >= 0.3 is 5.97 Å². The number of carbonyl (C=O) groups is 2. The van der Waals surface area contributed by atoms with Crippen LogP contribution in [0, 0.1) is 6.92 Å². The first-order valence-electron chi connectivity index (χ1n) is 9.57. The Balaban J connectivity index is 1.69. The summed E-state index contributed by atoms with van der Waals surface area (Å²) in [5.74, 6) is -1.50. The molecule has 2 heterocycles. The molecule has 3 aromatic rings. The fraction of sp³-hybridized carbons (Fsp3) is 0.227. The molecule has 0 atom stereocenters. The number of pyridine rings is 1. The van der Waals surface area contributed by atoms with Crippen molar-refractivity contribution in [2.24, 2.45) is 0 Å². The normalized spacial score (nSPS) is 14.0. The van der Waals surface area contributed by atoms with Gasteiger partial charge in [0.2, 0.25) is 5.56 Å². The molecule has 3 N–H and O–H groups in total. The van der Waals surface area contributed by atoms with Crippen molar-refractivity contribution < 1.29 is 19.4 Å². The summed E-state index contributed by atoms with van der Waals surface area (Å²) in [5.41, 5.74) is 2.85. The Kier molecular flexibility index (Phi) is 5.24. The summed E-state index contributed by atoms with van der Waals surface area (Å²) in [6, 6.07) is 11.3. The zero-order valence-corrected chi connectivity index (χ0v) is 16.4. The summed E-state index contributed by atoms with van der Waals surface area (Å²) in [5, 5.41) is 13.0. The number of fused-ring (bicyclic) bond motifs is 1. The number of aromatic carboxylic acids is 1. The molecule has 8 heteroatoms. The highest BCUT2D eigenvalue weighted by molar-refractivity contribution is 6.10. The van der Waals surface area contributed by atoms with E-state index in [0.29, 0.717) is 43.2 Å². The third-order valence-electron chi connectivity index (χ3n) is 5.15. The molecule has 1 aliphatic rings. The van der Waals surface area contributed by atoms with E-state index in [1.807, 2.05) is 11.8 Å². The Labute approximate surface area is 172 Å². The first-order valence-corrected chi connectivity index (χ1v) is 9.57. The number of aromatic nitrogens is 1. The molecule has 0 radical (unpaired) electrons. The molecule has 0 saturated carbocycles. The first kappa shape index (κ1) is 19.7. The van der Waals surface area contributed by atoms with E-state index in [4.69, 9.17) is 4.74 Å². The molecular formula is C22H21N3O5. The van der Waals surface area contributed by atoms with Crippen molar-refractivity contribution in [2.75, 3.05) is 36.5 Å². The van der Waals surface area contributed by atoms with Crippen LogP contribution in [-0.2, 0) is 4.74 Å². The molecule has 0 unspecified atom stereocenters. The van der Waals surface area contributed by atoms with E-state index in [1.54, 1.807) is 24.3 Å². The van der Waals surface area contributed by atoms with E-state index >= 15 is 0 Å². The molecule has 0 spiro atoms. The first-order chi connectivity index (χ1) is 14.4. The maximum Gasteiger partial charge on any atom is 0.335 e. The summed E-state index contributed by atoms with van der Waals surface area (Å²) in [7, 11) is 0. The lowest BCUT2D eigenvalue weighted by Gasteiger charge is -2.30. The quantitative estimate of drug-likeness (QED) is 0.613. The number of nitrogens with one attached hydrogen (secondary N) is 2. The number of H-pyrrole nitrogens is 1. The number of amides is 1. The molecule has 8 nitrogen and oxygen atoms in total. The van der Waals surface area contributed by atoms with Gasteiger partial charge in [-0.25, -0.2) is 4.79 Å². The van der Waals surface area contributed by atoms with Crippen LogP contribution < -0.4 is 15.8 Å². The average Bonchev–Trinajstić information content (AvgIpc) is 2.74. The van der Waals surface area contributed by atoms with Crippen molar-refractivity contribution in [2.45, 2.75) is 6.92 Å². The Morgan fingerprint density at radius 1 is 1.10 bits per heavy atom. The summed E-state index contributed by atoms with van der Waals surface area (Å²) < 4.78 is 5.38. The SMILES string of the molecule is Cc1cc(=O)[nH]c2ccc(NC(=O)c3cc(C(=O)O)ccc3N3CCOCC3)cc12. The molecule has 4 rings (SSSR count). The monoisotopic (exact) mass is 407 g/mol. The van der Waals surface area contributed by atoms with Gasteiger partial charge in [0.05, 0.1) is 24.3 Å². The molecule has 1 amide bonds. The second-order valence-electron chi connectivity index (χ2n) is 7.17. The number of nitrogens with zero attached hydrogens (tertiary/aromatic N) is 1. The molecule has 1 fully saturated rings. The van der Waals surface area contributed by atoms with Crippen LogP contribution in [0.25, 0.3) is 10.9 Å². The zero-order valence-electron chi connectivity index (χ0n) is 16.4. The Bertz CT molecular complexity index is 1200. The molecule has 2 aromatic carbocycles. The van der Waals surface area contributed by atoms with Crippen LogP contribution in [0.5, 0.6) is 0 Å². The van der Waals surface area contributed by atoms with Gasteiger partial charge in [0.1, 0.15) is 0 Å². The smallest absolute Gasteiger partial charge is 0.335 e. The topological polar surface area (TPSA) is 112 Å². The van der Waals surface area contributed by atoms with Crippen molar-refractivity contribution in [3.8, 4) is 0 Å². The van der Waals surface area contributed by atoms with E-state index < -0.39 is 11.9 Å². The summed E-state index contributed by atoms with van der Waals surface area (Å²) in [4.78, 5) is 41.0. The van der Waals surface area contributed by atoms with Gasteiger partial charge in [0, 0.05) is 41.4 Å². The van der Waals surface area contributed by atoms with E-state index in [-0.39, 0.29) is 16.7 Å². The number of aromatic amines is 1. The molecule has 1 aromatic heterocycles. The van der Waals surface area contributed by atoms with Crippen LogP contribution in [0.1, 0.15) is 26.3 Å². The van der Waals surface area contributed by atoms with E-state index in [2.05, 4.69) is 10.3 Å². The standard InChI is InChI=1S/C22H21N3O5/c1-13-10-20(26)24-18-4-3-15(12-16(13)18)23-21(27)17-11-14(22(28)29)2-5-19(17)25-6-8-30-9-7-25/h2-5,10-12H,6-9H2,1H3,(H,23,27)(H,24,26)(H,28,29). The van der Waals surface area contributed by atoms with Gasteiger partial charge < -0.3 is 25.0 Å². The number of carboxylic acid groups (broad SMARTS) is 1. The van der Waals surface area contributed by atoms with Gasteiger partial charge in [0.15, 0.2) is 0 Å². The highest BCUT2D eigenvalue weighted by Gasteiger charge is 2.21. The molecule has 30 heavy (non-hydrogen) atoms. The van der Waals surface area contributed by atoms with Crippen molar-refractivity contribution in [1.29, 1.82) is 0 Å². The van der Waals surface area contributed by atoms with Gasteiger partial charge in [-0.2, -0.15) is 0 Å². The predicted molar refractivity (Wildman–Crippen MR) is 114 cm³/mol. The van der Waals surface area contributed by atoms with E-state index in [1.165, 1.54) is 18.2 Å². The van der Waals surface area contributed by atoms with Gasteiger partial charge in [-0.05, 0) is 48.9 Å². The number of anilines is 2. The summed E-state index contributed by atoms with van der Waals surface area (Å²) >= 11 is 0. The maximum atomic E-state index is 13.1. The molecule has 1 saturated heterocycles. The zero-order chi connectivity index (χ0) is 21.3. The van der Waals surface area contributed by atoms with Crippen LogP contribution in [0.2, 0.25) is 0 Å². The molecular weight excluding hydrogens is 386 g/mol. The average molecular weight is 407 g/mol. The van der Waals surface area contributed by atoms with Crippen molar-refractivity contribution in [3.05, 3.63) is 69.5 Å². The number of benzene rings is 2. The number of morpholine rings is 1. The number of hydrogen-bond acceptors (Lipinski definition) is 5.